The number of nitrogens with zero attached hydrogens (tertiary/aromatic N) is 8. The molecule has 0 saturated carbocycles. The van der Waals surface area contributed by atoms with Gasteiger partial charge in [-0.15, -0.1) is 0 Å². The largest absolute Gasteiger partial charge is 0.361 e. The Morgan fingerprint density at radius 1 is 1.13 bits per heavy atom. The number of hydrogen-bond donors (Lipinski definition) is 0. The summed E-state index contributed by atoms with van der Waals surface area (Å²) in [5.74, 6) is -1.32. The van der Waals surface area contributed by atoms with Crippen LogP contribution in [0.25, 0.3) is 11.3 Å². The summed E-state index contributed by atoms with van der Waals surface area (Å²) in [5.41, 5.74) is -1.46. The average Bonchev–Trinajstić information content (AvgIpc) is 3.45. The van der Waals surface area contributed by atoms with Gasteiger partial charge in [0.25, 0.3) is 12.3 Å². The standard InChI is InChI=1S/C30H32ClF3N8O3Si/c1-46(2,3)10-9-45-18-42(20-13-38-41(16-20)15-19-11-36-30(37-12-19)40-7-4-8-40)29(44)27-24(17-43)35-14-23(39-27)25-21(28(33)34)5-6-22(31)26(25)32/h5-6,11-14,16-17,28H,4,7-10,15,18H2,1-3H3. The zero-order chi connectivity index (χ0) is 33.0. The minimum Gasteiger partial charge on any atom is -0.361 e. The van der Waals surface area contributed by atoms with Gasteiger partial charge in [0, 0.05) is 63.1 Å². The first-order chi connectivity index (χ1) is 21.9. The van der Waals surface area contributed by atoms with Gasteiger partial charge in [-0.3, -0.25) is 19.2 Å². The van der Waals surface area contributed by atoms with Crippen molar-refractivity contribution < 1.29 is 27.5 Å². The summed E-state index contributed by atoms with van der Waals surface area (Å²) in [5, 5.41) is 3.96. The Morgan fingerprint density at radius 3 is 2.50 bits per heavy atom. The molecule has 1 fully saturated rings. The third-order valence-corrected chi connectivity index (χ3v) is 9.30. The van der Waals surface area contributed by atoms with E-state index in [2.05, 4.69) is 49.6 Å². The van der Waals surface area contributed by atoms with Gasteiger partial charge in [0.15, 0.2) is 17.8 Å². The zero-order valence-corrected chi connectivity index (χ0v) is 27.2. The number of amides is 1. The highest BCUT2D eigenvalue weighted by atomic mass is 35.5. The van der Waals surface area contributed by atoms with E-state index in [0.29, 0.717) is 31.1 Å². The molecule has 0 aliphatic carbocycles. The maximum atomic E-state index is 15.1. The molecule has 4 aromatic rings. The Hall–Kier alpha value is -4.21. The van der Waals surface area contributed by atoms with Crippen LogP contribution in [0.2, 0.25) is 30.7 Å². The maximum absolute atomic E-state index is 15.1. The molecule has 1 aromatic carbocycles. The van der Waals surface area contributed by atoms with E-state index < -0.39 is 48.1 Å². The normalized spacial score (nSPS) is 13.2. The minimum absolute atomic E-state index is 0.235. The van der Waals surface area contributed by atoms with E-state index in [-0.39, 0.29) is 18.1 Å². The van der Waals surface area contributed by atoms with Crippen LogP contribution in [-0.2, 0) is 11.3 Å². The molecule has 16 heteroatoms. The Morgan fingerprint density at radius 2 is 1.87 bits per heavy atom. The summed E-state index contributed by atoms with van der Waals surface area (Å²) in [4.78, 5) is 46.2. The molecular formula is C30H32ClF3N8O3Si. The second-order valence-electron chi connectivity index (χ2n) is 11.9. The molecule has 1 amide bonds. The monoisotopic (exact) mass is 672 g/mol. The lowest BCUT2D eigenvalue weighted by Gasteiger charge is -2.30. The van der Waals surface area contributed by atoms with Gasteiger partial charge < -0.3 is 9.64 Å². The molecule has 0 spiro atoms. The minimum atomic E-state index is -3.08. The first-order valence-electron chi connectivity index (χ1n) is 14.5. The summed E-state index contributed by atoms with van der Waals surface area (Å²) < 4.78 is 50.2. The third-order valence-electron chi connectivity index (χ3n) is 7.30. The molecule has 1 saturated heterocycles. The van der Waals surface area contributed by atoms with Crippen molar-refractivity contribution in [3.05, 3.63) is 76.5 Å². The number of hydrogen-bond acceptors (Lipinski definition) is 9. The van der Waals surface area contributed by atoms with E-state index in [1.54, 1.807) is 23.3 Å². The Bertz CT molecular complexity index is 1710. The number of anilines is 2. The fourth-order valence-corrected chi connectivity index (χ4v) is 5.47. The van der Waals surface area contributed by atoms with Gasteiger partial charge in [0.2, 0.25) is 5.95 Å². The first-order valence-corrected chi connectivity index (χ1v) is 18.6. The van der Waals surface area contributed by atoms with Crippen molar-refractivity contribution in [1.82, 2.24) is 29.7 Å². The van der Waals surface area contributed by atoms with Crippen molar-refractivity contribution in [2.75, 3.05) is 36.2 Å². The van der Waals surface area contributed by atoms with Gasteiger partial charge in [-0.1, -0.05) is 37.3 Å². The lowest BCUT2D eigenvalue weighted by molar-refractivity contribution is 0.0891. The highest BCUT2D eigenvalue weighted by molar-refractivity contribution is 6.76. The molecular weight excluding hydrogens is 641 g/mol. The zero-order valence-electron chi connectivity index (χ0n) is 25.5. The second kappa shape index (κ2) is 14.1. The fraction of sp³-hybridized carbons (Fsp3) is 0.367. The van der Waals surface area contributed by atoms with Crippen molar-refractivity contribution in [2.24, 2.45) is 0 Å². The topological polar surface area (TPSA) is 119 Å². The van der Waals surface area contributed by atoms with Crippen LogP contribution in [0.1, 0.15) is 45.0 Å². The molecule has 3 aromatic heterocycles. The Balaban J connectivity index is 1.46. The molecule has 11 nitrogen and oxygen atoms in total. The fourth-order valence-electron chi connectivity index (χ4n) is 4.56. The van der Waals surface area contributed by atoms with Crippen molar-refractivity contribution in [1.29, 1.82) is 0 Å². The van der Waals surface area contributed by atoms with E-state index in [1.807, 2.05) is 0 Å². The van der Waals surface area contributed by atoms with Crippen LogP contribution < -0.4 is 9.80 Å². The Kier molecular flexibility index (Phi) is 10.1. The van der Waals surface area contributed by atoms with Gasteiger partial charge in [-0.05, 0) is 18.5 Å². The lowest BCUT2D eigenvalue weighted by atomic mass is 10.0. The molecule has 0 unspecified atom stereocenters. The number of halogens is 4. The molecule has 46 heavy (non-hydrogen) atoms. The third kappa shape index (κ3) is 7.59. The van der Waals surface area contributed by atoms with Crippen molar-refractivity contribution in [3.8, 4) is 11.3 Å². The molecule has 0 radical (unpaired) electrons. The van der Waals surface area contributed by atoms with Gasteiger partial charge in [-0.25, -0.2) is 33.1 Å². The summed E-state index contributed by atoms with van der Waals surface area (Å²) >= 11 is 5.89. The van der Waals surface area contributed by atoms with E-state index in [9.17, 15) is 18.4 Å². The van der Waals surface area contributed by atoms with Gasteiger partial charge in [0.05, 0.1) is 35.3 Å². The highest BCUT2D eigenvalue weighted by Crippen LogP contribution is 2.35. The summed E-state index contributed by atoms with van der Waals surface area (Å²) in [6, 6.07) is 2.80. The van der Waals surface area contributed by atoms with Crippen molar-refractivity contribution in [3.63, 3.8) is 0 Å². The van der Waals surface area contributed by atoms with E-state index >= 15 is 4.39 Å². The lowest BCUT2D eigenvalue weighted by Crippen LogP contribution is -2.38. The Labute approximate surface area is 269 Å². The SMILES string of the molecule is C[Si](C)(C)CCOCN(C(=O)c1nc(-c2c(C(F)F)ccc(Cl)c2F)cnc1C=O)c1cnn(Cc2cnc(N3CCC3)nc2)c1. The molecule has 242 valence electrons. The van der Waals surface area contributed by atoms with Crippen LogP contribution in [0.4, 0.5) is 24.8 Å². The smallest absolute Gasteiger partial charge is 0.281 e. The van der Waals surface area contributed by atoms with E-state index in [0.717, 1.165) is 49.4 Å². The van der Waals surface area contributed by atoms with Crippen LogP contribution >= 0.6 is 11.6 Å². The van der Waals surface area contributed by atoms with E-state index in [1.165, 1.54) is 11.1 Å². The molecule has 0 N–H and O–H groups in total. The quantitative estimate of drug-likeness (QED) is 0.0741. The molecule has 5 rings (SSSR count). The number of carbonyl (C=O) groups excluding carboxylic acids is 2. The van der Waals surface area contributed by atoms with Crippen LogP contribution in [0.5, 0.6) is 0 Å². The molecule has 0 atom stereocenters. The average molecular weight is 673 g/mol. The van der Waals surface area contributed by atoms with Crippen LogP contribution in [0.15, 0.2) is 43.1 Å². The number of alkyl halides is 2. The molecule has 0 bridgehead atoms. The summed E-state index contributed by atoms with van der Waals surface area (Å²) in [6.45, 7) is 8.83. The van der Waals surface area contributed by atoms with Gasteiger partial charge >= 0.3 is 0 Å². The van der Waals surface area contributed by atoms with Crippen molar-refractivity contribution in [2.45, 2.75) is 45.1 Å². The predicted molar refractivity (Wildman–Crippen MR) is 169 cm³/mol. The number of aromatic nitrogens is 6. The molecule has 1 aliphatic heterocycles. The predicted octanol–water partition coefficient (Wildman–Crippen LogP) is 5.89. The van der Waals surface area contributed by atoms with Crippen molar-refractivity contribution >= 4 is 43.5 Å². The van der Waals surface area contributed by atoms with Gasteiger partial charge in [0.1, 0.15) is 12.4 Å². The summed E-state index contributed by atoms with van der Waals surface area (Å²) in [7, 11) is -1.47. The number of benzene rings is 1. The molecule has 1 aliphatic rings. The highest BCUT2D eigenvalue weighted by Gasteiger charge is 2.28. The number of rotatable bonds is 13. The van der Waals surface area contributed by atoms with Crippen LogP contribution in [-0.4, -0.2) is 76.4 Å². The first kappa shape index (κ1) is 33.2. The van der Waals surface area contributed by atoms with E-state index in [4.69, 9.17) is 16.3 Å². The number of carbonyl (C=O) groups is 2. The molecule has 4 heterocycles. The number of ether oxygens (including phenoxy) is 1. The number of aldehydes is 1. The maximum Gasteiger partial charge on any atom is 0.281 e. The van der Waals surface area contributed by atoms with Gasteiger partial charge in [-0.2, -0.15) is 5.10 Å². The second-order valence-corrected chi connectivity index (χ2v) is 18.0. The van der Waals surface area contributed by atoms with Crippen LogP contribution in [0, 0.1) is 5.82 Å². The summed E-state index contributed by atoms with van der Waals surface area (Å²) in [6.07, 6.45) is 5.76. The van der Waals surface area contributed by atoms with Crippen LogP contribution in [0.3, 0.4) is 0 Å².